The van der Waals surface area contributed by atoms with E-state index in [1.165, 1.54) is 6.42 Å². The van der Waals surface area contributed by atoms with Crippen molar-refractivity contribution in [2.45, 2.75) is 65.5 Å². The van der Waals surface area contributed by atoms with Gasteiger partial charge >= 0.3 is 0 Å². The Morgan fingerprint density at radius 3 is 2.80 bits per heavy atom. The lowest BCUT2D eigenvalue weighted by molar-refractivity contribution is -0.0192. The standard InChI is InChI=1S/C16H27N3O/c1-5-20-14(16(2,3)4)15-18-10-11-12(17)8-6-7-9-13(11)19-15/h10,12,14H,5-9,17H2,1-4H3. The van der Waals surface area contributed by atoms with Crippen molar-refractivity contribution in [3.63, 3.8) is 0 Å². The summed E-state index contributed by atoms with van der Waals surface area (Å²) in [6.07, 6.45) is 6.21. The van der Waals surface area contributed by atoms with Crippen molar-refractivity contribution in [2.24, 2.45) is 11.1 Å². The molecule has 0 aliphatic heterocycles. The van der Waals surface area contributed by atoms with Gasteiger partial charge in [-0.15, -0.1) is 0 Å². The summed E-state index contributed by atoms with van der Waals surface area (Å²) in [5, 5.41) is 0. The van der Waals surface area contributed by atoms with E-state index >= 15 is 0 Å². The summed E-state index contributed by atoms with van der Waals surface area (Å²) in [7, 11) is 0. The second-order valence-electron chi connectivity index (χ2n) is 6.68. The molecule has 2 N–H and O–H groups in total. The zero-order valence-corrected chi connectivity index (χ0v) is 13.1. The highest BCUT2D eigenvalue weighted by atomic mass is 16.5. The fraction of sp³-hybridized carbons (Fsp3) is 0.750. The largest absolute Gasteiger partial charge is 0.370 e. The number of aromatic nitrogens is 2. The molecule has 0 saturated carbocycles. The van der Waals surface area contributed by atoms with Gasteiger partial charge in [0, 0.05) is 30.1 Å². The predicted molar refractivity (Wildman–Crippen MR) is 80.3 cm³/mol. The molecule has 2 unspecified atom stereocenters. The van der Waals surface area contributed by atoms with Crippen LogP contribution >= 0.6 is 0 Å². The van der Waals surface area contributed by atoms with Crippen molar-refractivity contribution < 1.29 is 4.74 Å². The zero-order chi connectivity index (χ0) is 14.8. The summed E-state index contributed by atoms with van der Waals surface area (Å²) < 4.78 is 5.89. The van der Waals surface area contributed by atoms with E-state index < -0.39 is 0 Å². The van der Waals surface area contributed by atoms with Gasteiger partial charge in [0.2, 0.25) is 0 Å². The molecule has 2 rings (SSSR count). The van der Waals surface area contributed by atoms with Gasteiger partial charge < -0.3 is 10.5 Å². The minimum absolute atomic E-state index is 0.0168. The number of ether oxygens (including phenoxy) is 1. The van der Waals surface area contributed by atoms with Gasteiger partial charge in [-0.3, -0.25) is 0 Å². The molecule has 1 aliphatic rings. The van der Waals surface area contributed by atoms with Crippen LogP contribution in [-0.4, -0.2) is 16.6 Å². The van der Waals surface area contributed by atoms with Crippen LogP contribution in [0.1, 0.15) is 76.2 Å². The Morgan fingerprint density at radius 1 is 1.40 bits per heavy atom. The van der Waals surface area contributed by atoms with Gasteiger partial charge in [-0.2, -0.15) is 0 Å². The lowest BCUT2D eigenvalue weighted by Gasteiger charge is -2.29. The first kappa shape index (κ1) is 15.4. The van der Waals surface area contributed by atoms with Gasteiger partial charge in [-0.05, 0) is 31.6 Å². The Kier molecular flexibility index (Phi) is 4.76. The van der Waals surface area contributed by atoms with Crippen molar-refractivity contribution in [3.8, 4) is 0 Å². The Labute approximate surface area is 122 Å². The second-order valence-corrected chi connectivity index (χ2v) is 6.68. The quantitative estimate of drug-likeness (QED) is 0.861. The molecular formula is C16H27N3O. The van der Waals surface area contributed by atoms with Gasteiger partial charge in [-0.25, -0.2) is 9.97 Å². The van der Waals surface area contributed by atoms with Gasteiger partial charge in [0.25, 0.3) is 0 Å². The predicted octanol–water partition coefficient (Wildman–Crippen LogP) is 3.33. The molecule has 0 fully saturated rings. The highest BCUT2D eigenvalue weighted by Crippen LogP contribution is 2.35. The van der Waals surface area contributed by atoms with Crippen LogP contribution in [0.25, 0.3) is 0 Å². The van der Waals surface area contributed by atoms with E-state index in [4.69, 9.17) is 15.5 Å². The van der Waals surface area contributed by atoms with Crippen LogP contribution in [0.15, 0.2) is 6.20 Å². The number of aryl methyl sites for hydroxylation is 1. The number of rotatable bonds is 3. The van der Waals surface area contributed by atoms with Crippen LogP contribution in [0.5, 0.6) is 0 Å². The Balaban J connectivity index is 2.35. The third kappa shape index (κ3) is 3.36. The summed E-state index contributed by atoms with van der Waals surface area (Å²) in [4.78, 5) is 9.35. The third-order valence-electron chi connectivity index (χ3n) is 3.85. The van der Waals surface area contributed by atoms with Gasteiger partial charge in [0.05, 0.1) is 0 Å². The second kappa shape index (κ2) is 6.19. The van der Waals surface area contributed by atoms with Crippen molar-refractivity contribution in [1.82, 2.24) is 9.97 Å². The van der Waals surface area contributed by atoms with Crippen LogP contribution in [0, 0.1) is 5.41 Å². The van der Waals surface area contributed by atoms with Gasteiger partial charge in [-0.1, -0.05) is 27.2 Å². The minimum atomic E-state index is -0.0720. The number of hydrogen-bond donors (Lipinski definition) is 1. The highest BCUT2D eigenvalue weighted by molar-refractivity contribution is 5.23. The van der Waals surface area contributed by atoms with Crippen LogP contribution in [0.3, 0.4) is 0 Å². The molecule has 4 heteroatoms. The van der Waals surface area contributed by atoms with E-state index in [2.05, 4.69) is 25.8 Å². The van der Waals surface area contributed by atoms with Crippen molar-refractivity contribution in [1.29, 1.82) is 0 Å². The molecule has 1 aliphatic carbocycles. The van der Waals surface area contributed by atoms with E-state index in [9.17, 15) is 0 Å². The zero-order valence-electron chi connectivity index (χ0n) is 13.1. The topological polar surface area (TPSA) is 61.0 Å². The number of hydrogen-bond acceptors (Lipinski definition) is 4. The van der Waals surface area contributed by atoms with Crippen LogP contribution in [0.2, 0.25) is 0 Å². The Bertz CT molecular complexity index is 454. The molecule has 0 spiro atoms. The average molecular weight is 277 g/mol. The van der Waals surface area contributed by atoms with Crippen LogP contribution in [-0.2, 0) is 11.2 Å². The van der Waals surface area contributed by atoms with E-state index in [1.54, 1.807) is 0 Å². The molecule has 1 heterocycles. The molecule has 1 aromatic heterocycles. The Hall–Kier alpha value is -1.00. The first-order valence-corrected chi connectivity index (χ1v) is 7.66. The van der Waals surface area contributed by atoms with E-state index in [0.717, 1.165) is 36.3 Å². The van der Waals surface area contributed by atoms with Crippen molar-refractivity contribution >= 4 is 0 Å². The summed E-state index contributed by atoms with van der Waals surface area (Å²) in [5.74, 6) is 0.798. The molecule has 0 bridgehead atoms. The van der Waals surface area contributed by atoms with E-state index in [0.29, 0.717) is 6.61 Å². The summed E-state index contributed by atoms with van der Waals surface area (Å²) in [6, 6.07) is 0.0849. The van der Waals surface area contributed by atoms with Crippen molar-refractivity contribution in [3.05, 3.63) is 23.3 Å². The molecule has 112 valence electrons. The maximum absolute atomic E-state index is 6.21. The first-order valence-electron chi connectivity index (χ1n) is 7.66. The lowest BCUT2D eigenvalue weighted by atomic mass is 9.88. The fourth-order valence-corrected chi connectivity index (χ4v) is 2.77. The molecule has 1 aromatic rings. The summed E-state index contributed by atoms with van der Waals surface area (Å²) in [6.45, 7) is 9.16. The molecule has 20 heavy (non-hydrogen) atoms. The third-order valence-corrected chi connectivity index (χ3v) is 3.85. The SMILES string of the molecule is CCOC(c1ncc2c(n1)CCCCC2N)C(C)(C)C. The lowest BCUT2D eigenvalue weighted by Crippen LogP contribution is -2.24. The summed E-state index contributed by atoms with van der Waals surface area (Å²) in [5.41, 5.74) is 8.43. The van der Waals surface area contributed by atoms with Crippen LogP contribution < -0.4 is 5.73 Å². The fourth-order valence-electron chi connectivity index (χ4n) is 2.77. The smallest absolute Gasteiger partial charge is 0.157 e. The maximum Gasteiger partial charge on any atom is 0.157 e. The van der Waals surface area contributed by atoms with Crippen LogP contribution in [0.4, 0.5) is 0 Å². The monoisotopic (exact) mass is 277 g/mol. The maximum atomic E-state index is 6.21. The first-order chi connectivity index (χ1) is 9.43. The molecular weight excluding hydrogens is 250 g/mol. The number of fused-ring (bicyclic) bond motifs is 1. The number of nitrogens with zero attached hydrogens (tertiary/aromatic N) is 2. The van der Waals surface area contributed by atoms with E-state index in [-0.39, 0.29) is 17.6 Å². The molecule has 0 amide bonds. The minimum Gasteiger partial charge on any atom is -0.370 e. The average Bonchev–Trinajstić information content (AvgIpc) is 2.56. The normalized spacial score (nSPS) is 21.1. The Morgan fingerprint density at radius 2 is 2.15 bits per heavy atom. The molecule has 0 aromatic carbocycles. The molecule has 4 nitrogen and oxygen atoms in total. The molecule has 0 saturated heterocycles. The summed E-state index contributed by atoms with van der Waals surface area (Å²) >= 11 is 0. The van der Waals surface area contributed by atoms with Crippen molar-refractivity contribution in [2.75, 3.05) is 6.61 Å². The van der Waals surface area contributed by atoms with Gasteiger partial charge in [0.15, 0.2) is 5.82 Å². The van der Waals surface area contributed by atoms with Gasteiger partial charge in [0.1, 0.15) is 6.10 Å². The number of nitrogens with two attached hydrogens (primary N) is 1. The molecule has 2 atom stereocenters. The highest BCUT2D eigenvalue weighted by Gasteiger charge is 2.30. The molecule has 0 radical (unpaired) electrons. The van der Waals surface area contributed by atoms with E-state index in [1.807, 2.05) is 13.1 Å².